The lowest BCUT2D eigenvalue weighted by Gasteiger charge is -2.37. The molecule has 0 amide bonds. The van der Waals surface area contributed by atoms with Gasteiger partial charge in [0.25, 0.3) is 0 Å². The van der Waals surface area contributed by atoms with Crippen molar-refractivity contribution in [3.05, 3.63) is 65.7 Å². The van der Waals surface area contributed by atoms with Crippen LogP contribution in [0.5, 0.6) is 0 Å². The monoisotopic (exact) mass is 278 g/mol. The van der Waals surface area contributed by atoms with Gasteiger partial charge in [-0.05, 0) is 37.2 Å². The normalized spacial score (nSPS) is 24.7. The molecule has 0 spiro atoms. The highest BCUT2D eigenvalue weighted by Crippen LogP contribution is 2.44. The minimum absolute atomic E-state index is 0.666. The van der Waals surface area contributed by atoms with Crippen molar-refractivity contribution in [1.29, 1.82) is 0 Å². The first-order chi connectivity index (χ1) is 10.3. The zero-order chi connectivity index (χ0) is 14.2. The van der Waals surface area contributed by atoms with Crippen LogP contribution in [0.25, 0.3) is 0 Å². The zero-order valence-corrected chi connectivity index (χ0v) is 12.6. The quantitative estimate of drug-likeness (QED) is 0.829. The van der Waals surface area contributed by atoms with E-state index in [1.807, 2.05) is 0 Å². The maximum atomic E-state index is 2.64. The summed E-state index contributed by atoms with van der Waals surface area (Å²) >= 11 is 0. The molecule has 0 aromatic heterocycles. The predicted octanol–water partition coefficient (Wildman–Crippen LogP) is 3.49. The van der Waals surface area contributed by atoms with Crippen molar-refractivity contribution >= 4 is 5.69 Å². The number of rotatable bonds is 2. The van der Waals surface area contributed by atoms with Gasteiger partial charge >= 0.3 is 0 Å². The van der Waals surface area contributed by atoms with E-state index >= 15 is 0 Å². The number of nitrogens with zero attached hydrogens (tertiary/aromatic N) is 2. The van der Waals surface area contributed by atoms with Gasteiger partial charge < -0.3 is 9.80 Å². The number of likely N-dealkylation sites (N-methyl/N-ethyl adjacent to an activating group) is 1. The molecule has 0 radical (unpaired) electrons. The molecule has 2 nitrogen and oxygen atoms in total. The molecule has 2 aliphatic rings. The Balaban J connectivity index is 1.69. The van der Waals surface area contributed by atoms with Crippen LogP contribution in [0, 0.1) is 0 Å². The number of para-hydroxylation sites is 1. The van der Waals surface area contributed by atoms with Gasteiger partial charge in [-0.25, -0.2) is 0 Å². The van der Waals surface area contributed by atoms with Crippen LogP contribution in [0.15, 0.2) is 54.6 Å². The van der Waals surface area contributed by atoms with Crippen molar-refractivity contribution in [1.82, 2.24) is 4.90 Å². The number of likely N-dealkylation sites (tertiary alicyclic amines) is 1. The van der Waals surface area contributed by atoms with Gasteiger partial charge in [0.05, 0.1) is 0 Å². The molecule has 108 valence electrons. The van der Waals surface area contributed by atoms with Gasteiger partial charge in [-0.1, -0.05) is 48.5 Å². The number of anilines is 1. The van der Waals surface area contributed by atoms with Crippen LogP contribution in [-0.2, 0) is 6.54 Å². The maximum absolute atomic E-state index is 2.64. The summed E-state index contributed by atoms with van der Waals surface area (Å²) < 4.78 is 0. The molecule has 0 saturated carbocycles. The lowest BCUT2D eigenvalue weighted by molar-refractivity contribution is 0.230. The molecule has 2 aliphatic heterocycles. The number of hydrogen-bond donors (Lipinski definition) is 0. The van der Waals surface area contributed by atoms with E-state index in [4.69, 9.17) is 0 Å². The van der Waals surface area contributed by atoms with Crippen LogP contribution in [-0.4, -0.2) is 31.1 Å². The maximum Gasteiger partial charge on any atom is 0.0432 e. The van der Waals surface area contributed by atoms with Crippen molar-refractivity contribution < 1.29 is 0 Å². The molecule has 0 N–H and O–H groups in total. The zero-order valence-electron chi connectivity index (χ0n) is 12.6. The first-order valence-corrected chi connectivity index (χ1v) is 7.91. The van der Waals surface area contributed by atoms with E-state index in [1.54, 1.807) is 5.56 Å². The van der Waals surface area contributed by atoms with Gasteiger partial charge in [0, 0.05) is 30.7 Å². The fourth-order valence-electron chi connectivity index (χ4n) is 4.01. The molecule has 2 aromatic rings. The Labute approximate surface area is 127 Å². The molecule has 0 unspecified atom stereocenters. The van der Waals surface area contributed by atoms with E-state index in [1.165, 1.54) is 30.8 Å². The molecule has 1 fully saturated rings. The largest absolute Gasteiger partial charge is 0.363 e. The lowest BCUT2D eigenvalue weighted by Crippen LogP contribution is -2.44. The van der Waals surface area contributed by atoms with Gasteiger partial charge in [0.1, 0.15) is 0 Å². The molecule has 2 heterocycles. The average molecular weight is 278 g/mol. The Hall–Kier alpha value is -1.80. The Morgan fingerprint density at radius 1 is 1.00 bits per heavy atom. The third kappa shape index (κ3) is 2.24. The predicted molar refractivity (Wildman–Crippen MR) is 87.7 cm³/mol. The van der Waals surface area contributed by atoms with Crippen molar-refractivity contribution in [2.24, 2.45) is 0 Å². The van der Waals surface area contributed by atoms with Crippen molar-refractivity contribution in [3.8, 4) is 0 Å². The van der Waals surface area contributed by atoms with E-state index in [9.17, 15) is 0 Å². The first-order valence-electron chi connectivity index (χ1n) is 7.91. The smallest absolute Gasteiger partial charge is 0.0432 e. The van der Waals surface area contributed by atoms with Gasteiger partial charge in [0.2, 0.25) is 0 Å². The summed E-state index contributed by atoms with van der Waals surface area (Å²) in [5.74, 6) is 0.670. The molecule has 1 saturated heterocycles. The Kier molecular flexibility index (Phi) is 3.19. The van der Waals surface area contributed by atoms with Crippen molar-refractivity contribution in [2.45, 2.75) is 24.9 Å². The third-order valence-corrected chi connectivity index (χ3v) is 5.02. The molecule has 2 heteroatoms. The molecule has 2 atom stereocenters. The second kappa shape index (κ2) is 5.19. The summed E-state index contributed by atoms with van der Waals surface area (Å²) in [6, 6.07) is 20.5. The summed E-state index contributed by atoms with van der Waals surface area (Å²) in [5, 5.41) is 0. The van der Waals surface area contributed by atoms with Crippen molar-refractivity contribution in [2.75, 3.05) is 25.0 Å². The van der Waals surface area contributed by atoms with E-state index in [0.717, 1.165) is 6.54 Å². The summed E-state index contributed by atoms with van der Waals surface area (Å²) in [6.45, 7) is 3.43. The molecule has 0 aliphatic carbocycles. The van der Waals surface area contributed by atoms with E-state index in [2.05, 4.69) is 71.4 Å². The second-order valence-corrected chi connectivity index (χ2v) is 6.40. The Bertz CT molecular complexity index is 622. The second-order valence-electron chi connectivity index (χ2n) is 6.40. The molecule has 2 aromatic carbocycles. The minimum Gasteiger partial charge on any atom is -0.363 e. The summed E-state index contributed by atoms with van der Waals surface area (Å²) in [4.78, 5) is 5.12. The SMILES string of the molecule is CN1CC[C@H]2[C@@H](C1)c1ccccc1N2Cc1ccccc1. The first kappa shape index (κ1) is 12.9. The van der Waals surface area contributed by atoms with Crippen LogP contribution >= 0.6 is 0 Å². The van der Waals surface area contributed by atoms with Gasteiger partial charge in [-0.3, -0.25) is 0 Å². The van der Waals surface area contributed by atoms with E-state index in [0.29, 0.717) is 12.0 Å². The van der Waals surface area contributed by atoms with Gasteiger partial charge in [-0.2, -0.15) is 0 Å². The highest BCUT2D eigenvalue weighted by Gasteiger charge is 2.40. The van der Waals surface area contributed by atoms with Gasteiger partial charge in [-0.15, -0.1) is 0 Å². The molecular formula is C19H22N2. The summed E-state index contributed by atoms with van der Waals surface area (Å²) in [7, 11) is 2.25. The van der Waals surface area contributed by atoms with Crippen LogP contribution in [0.3, 0.4) is 0 Å². The number of piperidine rings is 1. The minimum atomic E-state index is 0.666. The average Bonchev–Trinajstić information content (AvgIpc) is 2.82. The molecular weight excluding hydrogens is 256 g/mol. The van der Waals surface area contributed by atoms with Crippen LogP contribution in [0.2, 0.25) is 0 Å². The van der Waals surface area contributed by atoms with Crippen LogP contribution in [0.4, 0.5) is 5.69 Å². The van der Waals surface area contributed by atoms with Gasteiger partial charge in [0.15, 0.2) is 0 Å². The number of fused-ring (bicyclic) bond motifs is 3. The standard InChI is InChI=1S/C19H22N2/c1-20-12-11-19-17(14-20)16-9-5-6-10-18(16)21(19)13-15-7-3-2-4-8-15/h2-10,17,19H,11-14H2,1H3/t17-,19-/m0/s1. The number of hydrogen-bond acceptors (Lipinski definition) is 2. The molecule has 0 bridgehead atoms. The topological polar surface area (TPSA) is 6.48 Å². The molecule has 21 heavy (non-hydrogen) atoms. The summed E-state index contributed by atoms with van der Waals surface area (Å²) in [5.41, 5.74) is 4.41. The van der Waals surface area contributed by atoms with Crippen LogP contribution in [0.1, 0.15) is 23.5 Å². The number of benzene rings is 2. The van der Waals surface area contributed by atoms with Crippen molar-refractivity contribution in [3.63, 3.8) is 0 Å². The lowest BCUT2D eigenvalue weighted by atomic mass is 9.89. The van der Waals surface area contributed by atoms with E-state index < -0.39 is 0 Å². The fourth-order valence-corrected chi connectivity index (χ4v) is 4.01. The Morgan fingerprint density at radius 3 is 2.62 bits per heavy atom. The highest BCUT2D eigenvalue weighted by atomic mass is 15.2. The van der Waals surface area contributed by atoms with E-state index in [-0.39, 0.29) is 0 Å². The fraction of sp³-hybridized carbons (Fsp3) is 0.368. The highest BCUT2D eigenvalue weighted by molar-refractivity contribution is 5.62. The Morgan fingerprint density at radius 2 is 1.76 bits per heavy atom. The summed E-state index contributed by atoms with van der Waals surface area (Å²) in [6.07, 6.45) is 1.27. The van der Waals surface area contributed by atoms with Crippen LogP contribution < -0.4 is 4.90 Å². The molecule has 4 rings (SSSR count). The third-order valence-electron chi connectivity index (χ3n) is 5.02.